The number of aliphatic hydroxyl groups excluding tert-OH is 1. The Balaban J connectivity index is 1.75. The zero-order valence-electron chi connectivity index (χ0n) is 12.6. The molecular formula is C16H20N4O2. The third-order valence-corrected chi connectivity index (χ3v) is 3.89. The molecule has 1 fully saturated rings. The zero-order valence-corrected chi connectivity index (χ0v) is 12.6. The lowest BCUT2D eigenvalue weighted by Crippen LogP contribution is -2.47. The number of benzene rings is 1. The molecule has 1 aromatic carbocycles. The largest absolute Gasteiger partial charge is 0.392 e. The highest BCUT2D eigenvalue weighted by atomic mass is 16.3. The van der Waals surface area contributed by atoms with E-state index < -0.39 is 0 Å². The van der Waals surface area contributed by atoms with Crippen LogP contribution in [0.25, 0.3) is 0 Å². The smallest absolute Gasteiger partial charge is 0.249 e. The van der Waals surface area contributed by atoms with Gasteiger partial charge in [0.05, 0.1) is 18.5 Å². The molecule has 6 heteroatoms. The molecule has 1 aliphatic heterocycles. The molecule has 0 aliphatic carbocycles. The fraction of sp³-hybridized carbons (Fsp3) is 0.375. The van der Waals surface area contributed by atoms with Crippen LogP contribution in [0.1, 0.15) is 18.4 Å². The number of amides is 1. The van der Waals surface area contributed by atoms with Gasteiger partial charge < -0.3 is 15.3 Å². The van der Waals surface area contributed by atoms with Crippen LogP contribution < -0.4 is 10.2 Å². The van der Waals surface area contributed by atoms with Gasteiger partial charge in [-0.2, -0.15) is 5.10 Å². The maximum absolute atomic E-state index is 12.7. The molecule has 1 atom stereocenters. The van der Waals surface area contributed by atoms with Crippen molar-refractivity contribution in [1.29, 1.82) is 0 Å². The maximum Gasteiger partial charge on any atom is 0.249 e. The van der Waals surface area contributed by atoms with Crippen molar-refractivity contribution in [3.05, 3.63) is 42.2 Å². The van der Waals surface area contributed by atoms with Crippen LogP contribution in [0.15, 0.2) is 36.7 Å². The number of rotatable bonds is 4. The molecule has 0 unspecified atom stereocenters. The Hall–Kier alpha value is -2.34. The number of hydrogen-bond donors (Lipinski definition) is 2. The van der Waals surface area contributed by atoms with Gasteiger partial charge in [-0.25, -0.2) is 0 Å². The quantitative estimate of drug-likeness (QED) is 0.898. The minimum Gasteiger partial charge on any atom is -0.392 e. The lowest BCUT2D eigenvalue weighted by Gasteiger charge is -2.32. The van der Waals surface area contributed by atoms with Gasteiger partial charge in [-0.05, 0) is 30.5 Å². The van der Waals surface area contributed by atoms with E-state index in [-0.39, 0.29) is 18.6 Å². The van der Waals surface area contributed by atoms with Crippen molar-refractivity contribution in [1.82, 2.24) is 9.78 Å². The Bertz CT molecular complexity index is 668. The van der Waals surface area contributed by atoms with Crippen molar-refractivity contribution < 1.29 is 9.90 Å². The number of nitrogens with zero attached hydrogens (tertiary/aromatic N) is 3. The molecule has 3 rings (SSSR count). The van der Waals surface area contributed by atoms with E-state index in [1.807, 2.05) is 37.5 Å². The van der Waals surface area contributed by atoms with E-state index in [0.29, 0.717) is 0 Å². The first kappa shape index (κ1) is 14.6. The molecule has 1 aliphatic rings. The molecule has 2 N–H and O–H groups in total. The first-order valence-electron chi connectivity index (χ1n) is 7.44. The Morgan fingerprint density at radius 3 is 3.05 bits per heavy atom. The van der Waals surface area contributed by atoms with Crippen LogP contribution in [0.3, 0.4) is 0 Å². The highest BCUT2D eigenvalue weighted by Gasteiger charge is 2.30. The summed E-state index contributed by atoms with van der Waals surface area (Å²) in [6.45, 7) is 0.718. The predicted octanol–water partition coefficient (Wildman–Crippen LogP) is 1.52. The van der Waals surface area contributed by atoms with Crippen molar-refractivity contribution in [2.24, 2.45) is 7.05 Å². The minimum absolute atomic E-state index is 0.00402. The highest BCUT2D eigenvalue weighted by Crippen LogP contribution is 2.23. The number of anilines is 2. The topological polar surface area (TPSA) is 70.4 Å². The molecule has 2 heterocycles. The summed E-state index contributed by atoms with van der Waals surface area (Å²) in [7, 11) is 1.84. The summed E-state index contributed by atoms with van der Waals surface area (Å²) < 4.78 is 1.70. The number of aromatic nitrogens is 2. The molecule has 22 heavy (non-hydrogen) atoms. The van der Waals surface area contributed by atoms with E-state index in [1.165, 1.54) is 0 Å². The molecule has 6 nitrogen and oxygen atoms in total. The van der Waals surface area contributed by atoms with Crippen molar-refractivity contribution in [2.75, 3.05) is 16.8 Å². The second-order valence-corrected chi connectivity index (χ2v) is 5.56. The number of carbonyl (C=O) groups excluding carboxylic acids is 1. The maximum atomic E-state index is 12.7. The van der Waals surface area contributed by atoms with Crippen LogP contribution in [0.2, 0.25) is 0 Å². The van der Waals surface area contributed by atoms with E-state index in [1.54, 1.807) is 15.8 Å². The fourth-order valence-electron chi connectivity index (χ4n) is 2.77. The van der Waals surface area contributed by atoms with Gasteiger partial charge in [-0.1, -0.05) is 12.1 Å². The second kappa shape index (κ2) is 6.19. The van der Waals surface area contributed by atoms with E-state index in [9.17, 15) is 9.90 Å². The molecule has 0 bridgehead atoms. The highest BCUT2D eigenvalue weighted by molar-refractivity contribution is 5.99. The Kier molecular flexibility index (Phi) is 4.11. The van der Waals surface area contributed by atoms with Gasteiger partial charge in [0.1, 0.15) is 6.04 Å². The standard InChI is InChI=1S/C16H20N4O2/c1-19-10-14(9-17-19)20-7-3-6-15(16(20)22)18-13-5-2-4-12(8-13)11-21/h2,4-5,8-10,15,18,21H,3,6-7,11H2,1H3/t15-/m0/s1. The summed E-state index contributed by atoms with van der Waals surface area (Å²) in [5.74, 6) is 0.0636. The molecule has 2 aromatic rings. The average Bonchev–Trinajstić information content (AvgIpc) is 2.96. The number of nitrogens with one attached hydrogen (secondary N) is 1. The Morgan fingerprint density at radius 1 is 1.45 bits per heavy atom. The fourth-order valence-corrected chi connectivity index (χ4v) is 2.77. The Labute approximate surface area is 129 Å². The van der Waals surface area contributed by atoms with Crippen LogP contribution >= 0.6 is 0 Å². The first-order chi connectivity index (χ1) is 10.7. The van der Waals surface area contributed by atoms with Crippen LogP contribution in [0, 0.1) is 0 Å². The number of carbonyl (C=O) groups is 1. The lowest BCUT2D eigenvalue weighted by molar-refractivity contribution is -0.120. The molecule has 116 valence electrons. The van der Waals surface area contributed by atoms with E-state index in [0.717, 1.165) is 36.3 Å². The molecule has 1 saturated heterocycles. The first-order valence-corrected chi connectivity index (χ1v) is 7.44. The van der Waals surface area contributed by atoms with Crippen LogP contribution in [0.5, 0.6) is 0 Å². The summed E-state index contributed by atoms with van der Waals surface area (Å²) in [4.78, 5) is 14.5. The summed E-state index contributed by atoms with van der Waals surface area (Å²) in [5.41, 5.74) is 2.53. The van der Waals surface area contributed by atoms with E-state index >= 15 is 0 Å². The molecule has 0 saturated carbocycles. The zero-order chi connectivity index (χ0) is 15.5. The molecular weight excluding hydrogens is 280 g/mol. The van der Waals surface area contributed by atoms with Crippen molar-refractivity contribution in [3.63, 3.8) is 0 Å². The summed E-state index contributed by atoms with van der Waals surface area (Å²) >= 11 is 0. The van der Waals surface area contributed by atoms with Gasteiger partial charge in [-0.15, -0.1) is 0 Å². The number of piperidine rings is 1. The van der Waals surface area contributed by atoms with Crippen LogP contribution in [0.4, 0.5) is 11.4 Å². The SMILES string of the molecule is Cn1cc(N2CCC[C@H](Nc3cccc(CO)c3)C2=O)cn1. The van der Waals surface area contributed by atoms with Gasteiger partial charge in [0.25, 0.3) is 0 Å². The van der Waals surface area contributed by atoms with Gasteiger partial charge in [0, 0.05) is 25.5 Å². The Morgan fingerprint density at radius 2 is 2.32 bits per heavy atom. The normalized spacial score (nSPS) is 18.5. The van der Waals surface area contributed by atoms with Crippen LogP contribution in [-0.4, -0.2) is 33.4 Å². The van der Waals surface area contributed by atoms with Crippen molar-refractivity contribution in [3.8, 4) is 0 Å². The second-order valence-electron chi connectivity index (χ2n) is 5.56. The van der Waals surface area contributed by atoms with Crippen molar-refractivity contribution >= 4 is 17.3 Å². The predicted molar refractivity (Wildman–Crippen MR) is 84.6 cm³/mol. The van der Waals surface area contributed by atoms with E-state index in [4.69, 9.17) is 0 Å². The average molecular weight is 300 g/mol. The van der Waals surface area contributed by atoms with Gasteiger partial charge >= 0.3 is 0 Å². The van der Waals surface area contributed by atoms with Gasteiger partial charge in [-0.3, -0.25) is 9.48 Å². The molecule has 0 radical (unpaired) electrons. The van der Waals surface area contributed by atoms with Crippen molar-refractivity contribution in [2.45, 2.75) is 25.5 Å². The van der Waals surface area contributed by atoms with E-state index in [2.05, 4.69) is 10.4 Å². The molecule has 0 spiro atoms. The number of aryl methyl sites for hydroxylation is 1. The third-order valence-electron chi connectivity index (χ3n) is 3.89. The number of aliphatic hydroxyl groups is 1. The lowest BCUT2D eigenvalue weighted by atomic mass is 10.0. The molecule has 1 amide bonds. The molecule has 1 aromatic heterocycles. The monoisotopic (exact) mass is 300 g/mol. The number of hydrogen-bond acceptors (Lipinski definition) is 4. The minimum atomic E-state index is -0.247. The summed E-state index contributed by atoms with van der Waals surface area (Å²) in [6.07, 6.45) is 5.32. The summed E-state index contributed by atoms with van der Waals surface area (Å²) in [6, 6.07) is 7.27. The van der Waals surface area contributed by atoms with Crippen LogP contribution in [-0.2, 0) is 18.4 Å². The summed E-state index contributed by atoms with van der Waals surface area (Å²) in [5, 5.41) is 16.6. The third kappa shape index (κ3) is 2.96. The van der Waals surface area contributed by atoms with Gasteiger partial charge in [0.15, 0.2) is 0 Å². The van der Waals surface area contributed by atoms with Gasteiger partial charge in [0.2, 0.25) is 5.91 Å².